The maximum atomic E-state index is 9.62. The molecule has 0 aliphatic carbocycles. The Kier molecular flexibility index (Phi) is 3.99. The van der Waals surface area contributed by atoms with Crippen LogP contribution < -0.4 is 0 Å². The molecular weight excluding hydrogens is 593 g/mol. The van der Waals surface area contributed by atoms with E-state index in [1.54, 1.807) is 48.5 Å². The molecule has 1 nitrogen and oxygen atoms in total. The highest BCUT2D eigenvalue weighted by Crippen LogP contribution is 2.51. The SMILES string of the molecule is [2H]c1c([2H])c([2H])c(-c2ccc3oc(-c4cccc5ccc6ccccc6c45)c(-c4c5c([2H])c([2H])c([2H])c([2H])c5c(-c5ccccc5)c5c([2H])c([2H])c([2H])c([2H])c45)c3c2)c([2H])c1[2H]. The van der Waals surface area contributed by atoms with E-state index >= 15 is 0 Å². The first-order chi connectivity index (χ1) is 29.7. The second kappa shape index (κ2) is 11.1. The lowest BCUT2D eigenvalue weighted by atomic mass is 9.84. The summed E-state index contributed by atoms with van der Waals surface area (Å²) in [7, 11) is 0. The van der Waals surface area contributed by atoms with Gasteiger partial charge >= 0.3 is 0 Å². The van der Waals surface area contributed by atoms with Crippen molar-refractivity contribution < 1.29 is 22.2 Å². The van der Waals surface area contributed by atoms with E-state index in [0.29, 0.717) is 16.5 Å². The first-order valence-electron chi connectivity index (χ1n) is 22.3. The Morgan fingerprint density at radius 1 is 0.388 bits per heavy atom. The van der Waals surface area contributed by atoms with Crippen molar-refractivity contribution in [3.8, 4) is 44.7 Å². The third-order valence-electron chi connectivity index (χ3n) is 9.18. The van der Waals surface area contributed by atoms with Gasteiger partial charge in [0.1, 0.15) is 11.3 Å². The maximum Gasteiger partial charge on any atom is 0.143 e. The minimum absolute atomic E-state index is 0.0189. The van der Waals surface area contributed by atoms with Gasteiger partial charge in [-0.05, 0) is 72.1 Å². The molecule has 9 aromatic carbocycles. The van der Waals surface area contributed by atoms with Crippen LogP contribution in [0.1, 0.15) is 17.8 Å². The van der Waals surface area contributed by atoms with Gasteiger partial charge in [0.2, 0.25) is 0 Å². The van der Waals surface area contributed by atoms with Crippen molar-refractivity contribution >= 4 is 54.1 Å². The van der Waals surface area contributed by atoms with Gasteiger partial charge in [0, 0.05) is 27.5 Å². The summed E-state index contributed by atoms with van der Waals surface area (Å²) in [6, 6.07) is 24.5. The molecule has 0 saturated carbocycles. The normalized spacial score (nSPS) is 15.4. The third kappa shape index (κ3) is 4.33. The molecule has 228 valence electrons. The minimum atomic E-state index is -0.562. The van der Waals surface area contributed by atoms with Gasteiger partial charge in [-0.1, -0.05) is 170 Å². The second-order valence-corrected chi connectivity index (χ2v) is 11.8. The predicted molar refractivity (Wildman–Crippen MR) is 208 cm³/mol. The van der Waals surface area contributed by atoms with Crippen LogP contribution in [-0.4, -0.2) is 0 Å². The third-order valence-corrected chi connectivity index (χ3v) is 9.18. The van der Waals surface area contributed by atoms with E-state index in [9.17, 15) is 5.48 Å². The van der Waals surface area contributed by atoms with Gasteiger partial charge < -0.3 is 4.42 Å². The fraction of sp³-hybridized carbons (Fsp3) is 0. The quantitative estimate of drug-likeness (QED) is 0.139. The van der Waals surface area contributed by atoms with Crippen LogP contribution in [0.15, 0.2) is 186 Å². The zero-order chi connectivity index (χ0) is 43.6. The molecule has 0 atom stereocenters. The molecule has 0 fully saturated rings. The molecule has 0 radical (unpaired) electrons. The van der Waals surface area contributed by atoms with E-state index in [2.05, 4.69) is 0 Å². The van der Waals surface area contributed by atoms with Crippen LogP contribution in [0.2, 0.25) is 0 Å². The van der Waals surface area contributed by atoms with Crippen LogP contribution >= 0.6 is 0 Å². The average Bonchev–Trinajstić information content (AvgIpc) is 3.67. The van der Waals surface area contributed by atoms with Crippen molar-refractivity contribution in [2.45, 2.75) is 0 Å². The molecule has 10 rings (SSSR count). The molecule has 0 aliphatic heterocycles. The van der Waals surface area contributed by atoms with Crippen molar-refractivity contribution in [1.29, 1.82) is 0 Å². The lowest BCUT2D eigenvalue weighted by Gasteiger charge is -2.18. The lowest BCUT2D eigenvalue weighted by molar-refractivity contribution is 0.633. The maximum absolute atomic E-state index is 9.62. The van der Waals surface area contributed by atoms with Gasteiger partial charge in [-0.2, -0.15) is 0 Å². The molecule has 1 aromatic heterocycles. The van der Waals surface area contributed by atoms with Crippen LogP contribution in [0.5, 0.6) is 0 Å². The van der Waals surface area contributed by atoms with Crippen LogP contribution in [0.25, 0.3) is 98.8 Å². The fourth-order valence-electron chi connectivity index (χ4n) is 7.10. The van der Waals surface area contributed by atoms with E-state index in [-0.39, 0.29) is 60.7 Å². The predicted octanol–water partition coefficient (Wildman–Crippen LogP) is 13.7. The summed E-state index contributed by atoms with van der Waals surface area (Å²) in [6.07, 6.45) is 0. The number of fused-ring (bicyclic) bond motifs is 6. The standard InChI is InChI=1S/C48H30O/c1-3-14-31(15-4-1)35-28-29-43-42(30-35)47(48(49-43)41-25-13-19-34-27-26-32-16-7-8-20-36(32)44(34)41)46-39-23-11-9-21-37(39)45(33-17-5-2-6-18-33)38-22-10-12-24-40(38)46/h1-30H/i1D,3D,4D,9D,10D,11D,12D,14D,15D,21D,22D,23D,24D. The molecule has 0 unspecified atom stereocenters. The van der Waals surface area contributed by atoms with Gasteiger partial charge in [-0.15, -0.1) is 0 Å². The second-order valence-electron chi connectivity index (χ2n) is 11.8. The zero-order valence-corrected chi connectivity index (χ0v) is 25.7. The van der Waals surface area contributed by atoms with Gasteiger partial charge in [0.05, 0.1) is 17.8 Å². The van der Waals surface area contributed by atoms with Gasteiger partial charge in [0.15, 0.2) is 0 Å². The first kappa shape index (κ1) is 17.6. The van der Waals surface area contributed by atoms with E-state index < -0.39 is 78.6 Å². The van der Waals surface area contributed by atoms with E-state index in [1.165, 1.54) is 0 Å². The zero-order valence-electron chi connectivity index (χ0n) is 38.7. The Balaban J connectivity index is 1.51. The number of furan rings is 1. The van der Waals surface area contributed by atoms with Crippen molar-refractivity contribution in [3.05, 3.63) is 182 Å². The number of benzene rings is 9. The van der Waals surface area contributed by atoms with Crippen LogP contribution in [0.4, 0.5) is 0 Å². The van der Waals surface area contributed by atoms with E-state index in [1.807, 2.05) is 54.6 Å². The summed E-state index contributed by atoms with van der Waals surface area (Å²) in [4.78, 5) is 0. The highest BCUT2D eigenvalue weighted by molar-refractivity contribution is 6.26. The molecule has 1 heterocycles. The molecule has 10 aromatic rings. The van der Waals surface area contributed by atoms with Crippen molar-refractivity contribution in [1.82, 2.24) is 0 Å². The van der Waals surface area contributed by atoms with Crippen LogP contribution in [-0.2, 0) is 0 Å². The van der Waals surface area contributed by atoms with Gasteiger partial charge in [-0.25, -0.2) is 0 Å². The highest BCUT2D eigenvalue weighted by Gasteiger charge is 2.25. The monoisotopic (exact) mass is 635 g/mol. The Morgan fingerprint density at radius 2 is 1.02 bits per heavy atom. The Bertz CT molecular complexity index is 3510. The average molecular weight is 636 g/mol. The largest absolute Gasteiger partial charge is 0.455 e. The van der Waals surface area contributed by atoms with Crippen LogP contribution in [0.3, 0.4) is 0 Å². The molecule has 0 aliphatic rings. The van der Waals surface area contributed by atoms with Crippen molar-refractivity contribution in [2.24, 2.45) is 0 Å². The van der Waals surface area contributed by atoms with Gasteiger partial charge in [-0.3, -0.25) is 0 Å². The van der Waals surface area contributed by atoms with Gasteiger partial charge in [0.25, 0.3) is 0 Å². The Labute approximate surface area is 302 Å². The number of rotatable bonds is 4. The lowest BCUT2D eigenvalue weighted by Crippen LogP contribution is -1.92. The smallest absolute Gasteiger partial charge is 0.143 e. The summed E-state index contributed by atoms with van der Waals surface area (Å²) >= 11 is 0. The first-order valence-corrected chi connectivity index (χ1v) is 15.8. The summed E-state index contributed by atoms with van der Waals surface area (Å²) in [5, 5.41) is 3.77. The topological polar surface area (TPSA) is 13.1 Å². The molecule has 49 heavy (non-hydrogen) atoms. The molecule has 0 bridgehead atoms. The molecule has 0 saturated heterocycles. The molecule has 0 amide bonds. The molecule has 1 heteroatoms. The van der Waals surface area contributed by atoms with Crippen molar-refractivity contribution in [2.75, 3.05) is 0 Å². The summed E-state index contributed by atoms with van der Waals surface area (Å²) in [5.41, 5.74) is 1.92. The number of hydrogen-bond donors (Lipinski definition) is 0. The minimum Gasteiger partial charge on any atom is -0.455 e. The highest BCUT2D eigenvalue weighted by atomic mass is 16.3. The summed E-state index contributed by atoms with van der Waals surface area (Å²) in [5.74, 6) is 0.218. The fourth-order valence-corrected chi connectivity index (χ4v) is 7.10. The van der Waals surface area contributed by atoms with E-state index in [0.717, 1.165) is 21.5 Å². The summed E-state index contributed by atoms with van der Waals surface area (Å²) < 4.78 is 124. The van der Waals surface area contributed by atoms with Crippen LogP contribution in [0, 0.1) is 0 Å². The molecule has 0 N–H and O–H groups in total. The Hall–Kier alpha value is -6.44. The van der Waals surface area contributed by atoms with Crippen molar-refractivity contribution in [3.63, 3.8) is 0 Å². The number of hydrogen-bond acceptors (Lipinski definition) is 1. The molecular formula is C48H30O. The Morgan fingerprint density at radius 3 is 1.78 bits per heavy atom. The van der Waals surface area contributed by atoms with E-state index in [4.69, 9.17) is 16.8 Å². The molecule has 0 spiro atoms. The summed E-state index contributed by atoms with van der Waals surface area (Å²) in [6.45, 7) is 0.